The molecule has 0 unspecified atom stereocenters. The van der Waals surface area contributed by atoms with Crippen molar-refractivity contribution in [1.82, 2.24) is 4.90 Å². The molecule has 3 aromatic rings. The lowest BCUT2D eigenvalue weighted by molar-refractivity contribution is -0.136. The van der Waals surface area contributed by atoms with E-state index in [2.05, 4.69) is 0 Å². The van der Waals surface area contributed by atoms with E-state index in [4.69, 9.17) is 0 Å². The number of carbonyl (C=O) groups excluding carboxylic acids is 2. The minimum Gasteiger partial charge on any atom is -0.339 e. The first-order valence-corrected chi connectivity index (χ1v) is 10.1. The second kappa shape index (κ2) is 8.37. The van der Waals surface area contributed by atoms with E-state index in [0.29, 0.717) is 24.2 Å². The number of nitrogens with zero attached hydrogens (tertiary/aromatic N) is 2. The average Bonchev–Trinajstić information content (AvgIpc) is 3.03. The van der Waals surface area contributed by atoms with Crippen LogP contribution in [0.1, 0.15) is 16.7 Å². The van der Waals surface area contributed by atoms with Crippen molar-refractivity contribution in [3.8, 4) is 0 Å². The van der Waals surface area contributed by atoms with Gasteiger partial charge in [-0.2, -0.15) is 0 Å². The van der Waals surface area contributed by atoms with Crippen molar-refractivity contribution in [3.05, 3.63) is 107 Å². The van der Waals surface area contributed by atoms with Crippen molar-refractivity contribution < 1.29 is 9.59 Å². The summed E-state index contributed by atoms with van der Waals surface area (Å²) < 4.78 is 0. The number of imide groups is 1. The molecule has 0 radical (unpaired) electrons. The maximum absolute atomic E-state index is 13.4. The SMILES string of the molecule is Cc1ccc(C2=C(N(C)c3ccccc3)C(=O)N(CCc3ccccc3)C2=O)cc1. The topological polar surface area (TPSA) is 40.6 Å². The summed E-state index contributed by atoms with van der Waals surface area (Å²) in [5.74, 6) is -0.490. The van der Waals surface area contributed by atoms with Crippen molar-refractivity contribution in [2.45, 2.75) is 13.3 Å². The Bertz CT molecular complexity index is 1090. The molecule has 0 aromatic heterocycles. The van der Waals surface area contributed by atoms with Crippen LogP contribution >= 0.6 is 0 Å². The van der Waals surface area contributed by atoms with Gasteiger partial charge in [-0.3, -0.25) is 14.5 Å². The highest BCUT2D eigenvalue weighted by Crippen LogP contribution is 2.33. The Kier molecular flexibility index (Phi) is 5.48. The number of hydrogen-bond donors (Lipinski definition) is 0. The fraction of sp³-hybridized carbons (Fsp3) is 0.154. The Labute approximate surface area is 177 Å². The number of para-hydroxylation sites is 1. The third-order valence-electron chi connectivity index (χ3n) is 5.43. The number of carbonyl (C=O) groups is 2. The minimum atomic E-state index is -0.252. The van der Waals surface area contributed by atoms with Crippen LogP contribution in [0.5, 0.6) is 0 Å². The number of benzene rings is 3. The number of amides is 2. The summed E-state index contributed by atoms with van der Waals surface area (Å²) in [6.07, 6.45) is 0.627. The molecule has 4 nitrogen and oxygen atoms in total. The van der Waals surface area contributed by atoms with Crippen LogP contribution in [0.3, 0.4) is 0 Å². The smallest absolute Gasteiger partial charge is 0.278 e. The molecule has 0 bridgehead atoms. The highest BCUT2D eigenvalue weighted by Gasteiger charge is 2.40. The van der Waals surface area contributed by atoms with E-state index >= 15 is 0 Å². The van der Waals surface area contributed by atoms with Gasteiger partial charge in [-0.1, -0.05) is 78.4 Å². The molecule has 1 heterocycles. The van der Waals surface area contributed by atoms with Crippen LogP contribution in [-0.4, -0.2) is 30.3 Å². The quantitative estimate of drug-likeness (QED) is 0.578. The maximum atomic E-state index is 13.4. The van der Waals surface area contributed by atoms with Gasteiger partial charge in [-0.05, 0) is 36.6 Å². The van der Waals surface area contributed by atoms with Crippen LogP contribution in [0.2, 0.25) is 0 Å². The molecule has 0 fully saturated rings. The summed E-state index contributed by atoms with van der Waals surface area (Å²) in [4.78, 5) is 30.0. The minimum absolute atomic E-state index is 0.238. The number of rotatable bonds is 6. The standard InChI is InChI=1S/C26H24N2O2/c1-19-13-15-21(16-14-19)23-24(27(2)22-11-7-4-8-12-22)26(30)28(25(23)29)18-17-20-9-5-3-6-10-20/h3-16H,17-18H2,1-2H3. The van der Waals surface area contributed by atoms with E-state index in [0.717, 1.165) is 22.4 Å². The second-order valence-electron chi connectivity index (χ2n) is 7.48. The molecule has 0 aliphatic carbocycles. The van der Waals surface area contributed by atoms with Crippen molar-refractivity contribution in [1.29, 1.82) is 0 Å². The number of hydrogen-bond acceptors (Lipinski definition) is 3. The zero-order valence-corrected chi connectivity index (χ0v) is 17.2. The molecule has 30 heavy (non-hydrogen) atoms. The molecule has 3 aromatic carbocycles. The summed E-state index contributed by atoms with van der Waals surface area (Å²) >= 11 is 0. The molecule has 1 aliphatic rings. The lowest BCUT2D eigenvalue weighted by Gasteiger charge is -2.21. The zero-order valence-electron chi connectivity index (χ0n) is 17.2. The third-order valence-corrected chi connectivity index (χ3v) is 5.43. The predicted molar refractivity (Wildman–Crippen MR) is 120 cm³/mol. The van der Waals surface area contributed by atoms with Gasteiger partial charge in [-0.15, -0.1) is 0 Å². The molecular formula is C26H24N2O2. The van der Waals surface area contributed by atoms with Gasteiger partial charge >= 0.3 is 0 Å². The largest absolute Gasteiger partial charge is 0.339 e. The predicted octanol–water partition coefficient (Wildman–Crippen LogP) is 4.45. The Morgan fingerprint density at radius 3 is 2.00 bits per heavy atom. The van der Waals surface area contributed by atoms with Gasteiger partial charge < -0.3 is 4.90 Å². The van der Waals surface area contributed by atoms with Crippen LogP contribution in [0.15, 0.2) is 90.6 Å². The molecule has 0 spiro atoms. The van der Waals surface area contributed by atoms with Gasteiger partial charge in [0.05, 0.1) is 5.57 Å². The summed E-state index contributed by atoms with van der Waals surface area (Å²) in [6, 6.07) is 27.3. The fourth-order valence-electron chi connectivity index (χ4n) is 3.72. The van der Waals surface area contributed by atoms with Crippen LogP contribution in [-0.2, 0) is 16.0 Å². The molecule has 0 saturated heterocycles. The van der Waals surface area contributed by atoms with E-state index < -0.39 is 0 Å². The summed E-state index contributed by atoms with van der Waals surface area (Å²) in [7, 11) is 1.84. The molecular weight excluding hydrogens is 372 g/mol. The highest BCUT2D eigenvalue weighted by molar-refractivity contribution is 6.36. The Balaban J connectivity index is 1.71. The van der Waals surface area contributed by atoms with E-state index in [9.17, 15) is 9.59 Å². The van der Waals surface area contributed by atoms with Gasteiger partial charge in [0.15, 0.2) is 0 Å². The van der Waals surface area contributed by atoms with Gasteiger partial charge in [0.2, 0.25) is 0 Å². The van der Waals surface area contributed by atoms with Gasteiger partial charge in [0.1, 0.15) is 5.70 Å². The molecule has 0 N–H and O–H groups in total. The summed E-state index contributed by atoms with van der Waals surface area (Å²) in [5, 5.41) is 0. The summed E-state index contributed by atoms with van der Waals surface area (Å²) in [5.41, 5.74) is 4.71. The van der Waals surface area contributed by atoms with Gasteiger partial charge in [0.25, 0.3) is 11.8 Å². The van der Waals surface area contributed by atoms with Crippen molar-refractivity contribution in [2.24, 2.45) is 0 Å². The van der Waals surface area contributed by atoms with E-state index in [1.165, 1.54) is 4.90 Å². The first-order valence-electron chi connectivity index (χ1n) is 10.1. The van der Waals surface area contributed by atoms with E-state index in [1.54, 1.807) is 0 Å². The zero-order chi connectivity index (χ0) is 21.1. The van der Waals surface area contributed by atoms with Gasteiger partial charge in [0, 0.05) is 19.3 Å². The highest BCUT2D eigenvalue weighted by atomic mass is 16.2. The molecule has 150 valence electrons. The maximum Gasteiger partial charge on any atom is 0.278 e. The number of likely N-dealkylation sites (N-methyl/N-ethyl adjacent to an activating group) is 1. The average molecular weight is 396 g/mol. The Morgan fingerprint density at radius 1 is 0.767 bits per heavy atom. The number of aryl methyl sites for hydroxylation is 1. The molecule has 2 amide bonds. The van der Waals surface area contributed by atoms with Crippen molar-refractivity contribution >= 4 is 23.1 Å². The third kappa shape index (κ3) is 3.77. The first-order chi connectivity index (χ1) is 14.6. The van der Waals surface area contributed by atoms with E-state index in [1.807, 2.05) is 104 Å². The second-order valence-corrected chi connectivity index (χ2v) is 7.48. The molecule has 4 heteroatoms. The first kappa shape index (κ1) is 19.6. The molecule has 1 aliphatic heterocycles. The van der Waals surface area contributed by atoms with Crippen LogP contribution in [0.25, 0.3) is 5.57 Å². The Hall–Kier alpha value is -3.66. The lowest BCUT2D eigenvalue weighted by atomic mass is 10.0. The van der Waals surface area contributed by atoms with Crippen molar-refractivity contribution in [3.63, 3.8) is 0 Å². The van der Waals surface area contributed by atoms with Crippen LogP contribution in [0.4, 0.5) is 5.69 Å². The molecule has 0 saturated carbocycles. The fourth-order valence-corrected chi connectivity index (χ4v) is 3.72. The Morgan fingerprint density at radius 2 is 1.37 bits per heavy atom. The lowest BCUT2D eigenvalue weighted by Crippen LogP contribution is -2.35. The monoisotopic (exact) mass is 396 g/mol. The van der Waals surface area contributed by atoms with Gasteiger partial charge in [-0.25, -0.2) is 0 Å². The number of anilines is 1. The molecule has 4 rings (SSSR count). The normalized spacial score (nSPS) is 13.9. The molecule has 0 atom stereocenters. The van der Waals surface area contributed by atoms with Crippen LogP contribution in [0, 0.1) is 6.92 Å². The summed E-state index contributed by atoms with van der Waals surface area (Å²) in [6.45, 7) is 2.35. The van der Waals surface area contributed by atoms with Crippen LogP contribution < -0.4 is 4.90 Å². The van der Waals surface area contributed by atoms with Crippen molar-refractivity contribution in [2.75, 3.05) is 18.5 Å². The van der Waals surface area contributed by atoms with E-state index in [-0.39, 0.29) is 11.8 Å².